The highest BCUT2D eigenvalue weighted by Gasteiger charge is 2.13. The molecule has 1 atom stereocenters. The second-order valence-electron chi connectivity index (χ2n) is 3.47. The predicted molar refractivity (Wildman–Crippen MR) is 71.8 cm³/mol. The number of anilines is 1. The molecule has 4 nitrogen and oxygen atoms in total. The summed E-state index contributed by atoms with van der Waals surface area (Å²) in [6.07, 6.45) is -0.292. The first kappa shape index (κ1) is 17.1. The van der Waals surface area contributed by atoms with Crippen molar-refractivity contribution in [2.45, 2.75) is 12.5 Å². The van der Waals surface area contributed by atoms with Crippen molar-refractivity contribution in [2.75, 3.05) is 19.0 Å². The number of methoxy groups -OCH3 is 1. The lowest BCUT2D eigenvalue weighted by atomic mass is 10.2. The van der Waals surface area contributed by atoms with E-state index in [1.165, 1.54) is 19.2 Å². The van der Waals surface area contributed by atoms with Crippen molar-refractivity contribution in [3.05, 3.63) is 29.0 Å². The van der Waals surface area contributed by atoms with Crippen LogP contribution in [0.3, 0.4) is 0 Å². The molecule has 18 heavy (non-hydrogen) atoms. The average molecular weight is 297 g/mol. The molecule has 0 saturated carbocycles. The third-order valence-electron chi connectivity index (χ3n) is 2.21. The summed E-state index contributed by atoms with van der Waals surface area (Å²) < 4.78 is 18.3. The topological polar surface area (TPSA) is 64.3 Å². The smallest absolute Gasteiger partial charge is 0.227 e. The van der Waals surface area contributed by atoms with Crippen LogP contribution in [0, 0.1) is 5.82 Å². The number of benzene rings is 1. The molecule has 0 fully saturated rings. The first-order valence-corrected chi connectivity index (χ1v) is 5.42. The summed E-state index contributed by atoms with van der Waals surface area (Å²) in [7, 11) is 1.47. The minimum atomic E-state index is -0.576. The van der Waals surface area contributed by atoms with Gasteiger partial charge in [-0.25, -0.2) is 4.39 Å². The largest absolute Gasteiger partial charge is 0.380 e. The lowest BCUT2D eigenvalue weighted by Gasteiger charge is -2.12. The van der Waals surface area contributed by atoms with Crippen molar-refractivity contribution in [3.8, 4) is 0 Å². The van der Waals surface area contributed by atoms with E-state index in [0.717, 1.165) is 6.07 Å². The number of nitrogens with two attached hydrogens (primary N) is 1. The molecular formula is C11H15Cl2FN2O2. The van der Waals surface area contributed by atoms with Crippen LogP contribution in [0.4, 0.5) is 10.1 Å². The van der Waals surface area contributed by atoms with Gasteiger partial charge in [0.2, 0.25) is 5.91 Å². The Labute approximate surface area is 116 Å². The third-order valence-corrected chi connectivity index (χ3v) is 2.45. The van der Waals surface area contributed by atoms with E-state index in [2.05, 4.69) is 5.32 Å². The van der Waals surface area contributed by atoms with E-state index in [4.69, 9.17) is 22.1 Å². The van der Waals surface area contributed by atoms with Crippen LogP contribution >= 0.6 is 24.0 Å². The van der Waals surface area contributed by atoms with Crippen LogP contribution in [0.2, 0.25) is 5.02 Å². The Balaban J connectivity index is 0.00000289. The molecule has 1 rings (SSSR count). The summed E-state index contributed by atoms with van der Waals surface area (Å²) in [5.41, 5.74) is 5.47. The maximum absolute atomic E-state index is 13.4. The summed E-state index contributed by atoms with van der Waals surface area (Å²) in [6, 6.07) is 4.03. The van der Waals surface area contributed by atoms with Gasteiger partial charge in [-0.15, -0.1) is 12.4 Å². The number of halogens is 3. The van der Waals surface area contributed by atoms with E-state index in [0.29, 0.717) is 0 Å². The van der Waals surface area contributed by atoms with Gasteiger partial charge in [0, 0.05) is 18.7 Å². The second kappa shape index (κ2) is 8.26. The van der Waals surface area contributed by atoms with Crippen LogP contribution in [0.5, 0.6) is 0 Å². The van der Waals surface area contributed by atoms with Crippen LogP contribution in [0.1, 0.15) is 6.42 Å². The Morgan fingerprint density at radius 2 is 2.28 bits per heavy atom. The van der Waals surface area contributed by atoms with Crippen molar-refractivity contribution < 1.29 is 13.9 Å². The fourth-order valence-corrected chi connectivity index (χ4v) is 1.42. The lowest BCUT2D eigenvalue weighted by Crippen LogP contribution is -2.28. The van der Waals surface area contributed by atoms with Gasteiger partial charge < -0.3 is 15.8 Å². The van der Waals surface area contributed by atoms with Crippen LogP contribution in [0.25, 0.3) is 0 Å². The van der Waals surface area contributed by atoms with Gasteiger partial charge in [-0.2, -0.15) is 0 Å². The fourth-order valence-electron chi connectivity index (χ4n) is 1.26. The highest BCUT2D eigenvalue weighted by atomic mass is 35.5. The molecule has 0 bridgehead atoms. The van der Waals surface area contributed by atoms with E-state index in [9.17, 15) is 9.18 Å². The van der Waals surface area contributed by atoms with Crippen LogP contribution in [-0.4, -0.2) is 25.7 Å². The zero-order valence-corrected chi connectivity index (χ0v) is 11.4. The molecule has 0 saturated heterocycles. The molecule has 1 amide bonds. The van der Waals surface area contributed by atoms with Crippen molar-refractivity contribution >= 4 is 35.6 Å². The Kier molecular flexibility index (Phi) is 7.86. The molecule has 0 aliphatic rings. The summed E-state index contributed by atoms with van der Waals surface area (Å²) in [6.45, 7) is 0.229. The van der Waals surface area contributed by atoms with E-state index in [1.54, 1.807) is 0 Å². The Morgan fingerprint density at radius 1 is 1.61 bits per heavy atom. The van der Waals surface area contributed by atoms with Gasteiger partial charge in [0.25, 0.3) is 0 Å². The maximum Gasteiger partial charge on any atom is 0.227 e. The molecule has 0 aliphatic heterocycles. The normalized spacial score (nSPS) is 11.6. The maximum atomic E-state index is 13.4. The number of carbonyl (C=O) groups is 1. The van der Waals surface area contributed by atoms with Gasteiger partial charge in [0.15, 0.2) is 0 Å². The molecule has 102 valence electrons. The minimum Gasteiger partial charge on any atom is -0.380 e. The molecule has 7 heteroatoms. The highest BCUT2D eigenvalue weighted by Crippen LogP contribution is 2.19. The number of hydrogen-bond donors (Lipinski definition) is 2. The minimum absolute atomic E-state index is 0. The summed E-state index contributed by atoms with van der Waals surface area (Å²) in [5, 5.41) is 2.70. The second-order valence-corrected chi connectivity index (χ2v) is 3.91. The molecule has 0 spiro atoms. The van der Waals surface area contributed by atoms with Gasteiger partial charge in [0.1, 0.15) is 5.82 Å². The summed E-state index contributed by atoms with van der Waals surface area (Å²) in [4.78, 5) is 11.5. The number of nitrogens with one attached hydrogen (secondary N) is 1. The van der Waals surface area contributed by atoms with E-state index < -0.39 is 5.82 Å². The van der Waals surface area contributed by atoms with E-state index in [-0.39, 0.29) is 48.1 Å². The Hall–Kier alpha value is -0.880. The van der Waals surface area contributed by atoms with Crippen LogP contribution < -0.4 is 11.1 Å². The number of ether oxygens (including phenoxy) is 1. The first-order valence-electron chi connectivity index (χ1n) is 5.04. The van der Waals surface area contributed by atoms with E-state index >= 15 is 0 Å². The summed E-state index contributed by atoms with van der Waals surface area (Å²) >= 11 is 5.59. The zero-order valence-electron chi connectivity index (χ0n) is 9.78. The Morgan fingerprint density at radius 3 is 2.78 bits per heavy atom. The van der Waals surface area contributed by atoms with Crippen LogP contribution in [0.15, 0.2) is 18.2 Å². The summed E-state index contributed by atoms with van der Waals surface area (Å²) in [5.74, 6) is -0.934. The van der Waals surface area contributed by atoms with E-state index in [1.807, 2.05) is 0 Å². The lowest BCUT2D eigenvalue weighted by molar-refractivity contribution is -0.118. The standard InChI is InChI=1S/C11H14ClFN2O2.ClH/c1-17-8(6-14)5-11(16)15-10-3-2-7(12)4-9(10)13;/h2-4,8H,5-6,14H2,1H3,(H,15,16);1H. The number of carbonyl (C=O) groups excluding carboxylic acids is 1. The first-order chi connectivity index (χ1) is 8.06. The highest BCUT2D eigenvalue weighted by molar-refractivity contribution is 6.30. The average Bonchev–Trinajstić information content (AvgIpc) is 2.29. The molecule has 0 aliphatic carbocycles. The Bertz CT molecular complexity index is 401. The monoisotopic (exact) mass is 296 g/mol. The molecule has 1 aromatic rings. The fraction of sp³-hybridized carbons (Fsp3) is 0.364. The molecule has 1 unspecified atom stereocenters. The number of hydrogen-bond acceptors (Lipinski definition) is 3. The van der Waals surface area contributed by atoms with Gasteiger partial charge in [-0.3, -0.25) is 4.79 Å². The predicted octanol–water partition coefficient (Wildman–Crippen LogP) is 2.20. The quantitative estimate of drug-likeness (QED) is 0.875. The van der Waals surface area contributed by atoms with Crippen molar-refractivity contribution in [3.63, 3.8) is 0 Å². The van der Waals surface area contributed by atoms with Gasteiger partial charge in [0.05, 0.1) is 18.2 Å². The van der Waals surface area contributed by atoms with Crippen LogP contribution in [-0.2, 0) is 9.53 Å². The number of amides is 1. The number of rotatable bonds is 5. The zero-order chi connectivity index (χ0) is 12.8. The molecular weight excluding hydrogens is 282 g/mol. The van der Waals surface area contributed by atoms with Crippen molar-refractivity contribution in [2.24, 2.45) is 5.73 Å². The molecule has 1 aromatic carbocycles. The van der Waals surface area contributed by atoms with Gasteiger partial charge in [-0.05, 0) is 18.2 Å². The SMILES string of the molecule is COC(CN)CC(=O)Nc1ccc(Cl)cc1F.Cl. The van der Waals surface area contributed by atoms with Crippen molar-refractivity contribution in [1.29, 1.82) is 0 Å². The van der Waals surface area contributed by atoms with Crippen molar-refractivity contribution in [1.82, 2.24) is 0 Å². The molecule has 3 N–H and O–H groups in total. The third kappa shape index (κ3) is 5.18. The van der Waals surface area contributed by atoms with Gasteiger partial charge >= 0.3 is 0 Å². The van der Waals surface area contributed by atoms with Gasteiger partial charge in [-0.1, -0.05) is 11.6 Å². The molecule has 0 radical (unpaired) electrons. The molecule has 0 aromatic heterocycles. The molecule has 0 heterocycles.